The molecule has 83 heavy (non-hydrogen) atoms. The number of carbonyl (C=O) groups is 3. The van der Waals surface area contributed by atoms with Crippen LogP contribution in [-0.4, -0.2) is 39.0 Å². The number of anilines is 1. The van der Waals surface area contributed by atoms with Gasteiger partial charge >= 0.3 is 0 Å². The number of aromatic amines is 3. The smallest absolute Gasteiger partial charge is 0.258 e. The van der Waals surface area contributed by atoms with Crippen molar-refractivity contribution in [2.24, 2.45) is 0 Å². The van der Waals surface area contributed by atoms with Gasteiger partial charge in [-0.15, -0.1) is 0 Å². The Labute approximate surface area is 489 Å². The molecule has 0 atom stereocenters. The van der Waals surface area contributed by atoms with Crippen LogP contribution in [0.2, 0.25) is 0 Å². The number of Topliss-reactive ketones (excluding diaryl/α,β-unsaturated/α-hetero) is 2. The van der Waals surface area contributed by atoms with Crippen LogP contribution in [0.15, 0.2) is 162 Å². The van der Waals surface area contributed by atoms with E-state index in [4.69, 9.17) is 4.42 Å². The van der Waals surface area contributed by atoms with Crippen molar-refractivity contribution in [2.45, 2.75) is 138 Å². The van der Waals surface area contributed by atoms with Gasteiger partial charge in [-0.1, -0.05) is 151 Å². The molecule has 0 saturated heterocycles. The topological polar surface area (TPSA) is 115 Å². The molecule has 4 aromatic heterocycles. The standard InChI is InChI=1S/C21H22N2O.C20H21NO.C20H20O2.C14H17N/c1-13(2)19-12-17-16-10-11-23(20(16)9-8-18(17)22-19)21(24)15-6-4-14(3)5-7-15;1-13(2)19-12-17-10-15(6-9-18(17)21-19)11-20(22)16-7-4-14(3)5-8-16;1-13(2)20-12-17-10-15(6-9-19(17)22-20)11-18(21)16-7-4-14(3)5-8-16;1-9(2)14-8-12-11-5-3-4-10(11)6-7-13(12)15-14/h4-9,12-13,22H,10-11H2,1-3H3;4-10,12-13,21H,11H2,1-3H3;4-10,12-13H,11H2,1-3H3;6-9,15H,3-5H2,1-2H3. The summed E-state index contributed by atoms with van der Waals surface area (Å²) < 4.78 is 5.80. The van der Waals surface area contributed by atoms with Crippen molar-refractivity contribution >= 4 is 66.8 Å². The van der Waals surface area contributed by atoms with Gasteiger partial charge in [-0.3, -0.25) is 14.4 Å². The Kier molecular flexibility index (Phi) is 17.3. The predicted octanol–water partition coefficient (Wildman–Crippen LogP) is 18.9. The summed E-state index contributed by atoms with van der Waals surface area (Å²) >= 11 is 0. The largest absolute Gasteiger partial charge is 0.461 e. The maximum Gasteiger partial charge on any atom is 0.258 e. The number of furan rings is 1. The van der Waals surface area contributed by atoms with E-state index in [1.54, 1.807) is 11.1 Å². The van der Waals surface area contributed by atoms with Crippen molar-refractivity contribution in [3.63, 3.8) is 0 Å². The van der Waals surface area contributed by atoms with E-state index in [-0.39, 0.29) is 17.5 Å². The Morgan fingerprint density at radius 1 is 0.458 bits per heavy atom. The van der Waals surface area contributed by atoms with Gasteiger partial charge in [-0.05, 0) is 176 Å². The average molecular weight is 1100 g/mol. The molecule has 2 aliphatic rings. The molecular formula is C75H80N4O4. The van der Waals surface area contributed by atoms with Gasteiger partial charge in [-0.25, -0.2) is 0 Å². The Balaban J connectivity index is 0.000000125. The number of hydrogen-bond donors (Lipinski definition) is 3. The van der Waals surface area contributed by atoms with Crippen LogP contribution in [0.5, 0.6) is 0 Å². The summed E-state index contributed by atoms with van der Waals surface area (Å²) in [4.78, 5) is 50.0. The third kappa shape index (κ3) is 13.2. The summed E-state index contributed by atoms with van der Waals surface area (Å²) in [5.74, 6) is 3.29. The van der Waals surface area contributed by atoms with Gasteiger partial charge in [0.1, 0.15) is 11.3 Å². The van der Waals surface area contributed by atoms with Crippen LogP contribution in [0.1, 0.15) is 184 Å². The molecule has 1 aliphatic carbocycles. The summed E-state index contributed by atoms with van der Waals surface area (Å²) in [6.45, 7) is 24.3. The molecule has 0 radical (unpaired) electrons. The third-order valence-corrected chi connectivity index (χ3v) is 16.5. The number of carbonyl (C=O) groups excluding carboxylic acids is 3. The molecule has 5 heterocycles. The first-order valence-corrected chi connectivity index (χ1v) is 29.9. The summed E-state index contributed by atoms with van der Waals surface area (Å²) in [6, 6.07) is 53.1. The maximum absolute atomic E-state index is 12.9. The highest BCUT2D eigenvalue weighted by Gasteiger charge is 2.28. The summed E-state index contributed by atoms with van der Waals surface area (Å²) in [7, 11) is 0. The molecule has 1 amide bonds. The lowest BCUT2D eigenvalue weighted by Gasteiger charge is -2.17. The first kappa shape index (κ1) is 57.7. The first-order chi connectivity index (χ1) is 39.8. The summed E-state index contributed by atoms with van der Waals surface area (Å²) in [5, 5.41) is 4.97. The highest BCUT2D eigenvalue weighted by atomic mass is 16.3. The molecular weight excluding hydrogens is 1020 g/mol. The van der Waals surface area contributed by atoms with Gasteiger partial charge in [0.25, 0.3) is 5.91 Å². The number of aromatic nitrogens is 3. The Morgan fingerprint density at radius 2 is 0.940 bits per heavy atom. The minimum atomic E-state index is 0.0905. The van der Waals surface area contributed by atoms with Crippen LogP contribution in [0.3, 0.4) is 0 Å². The molecule has 424 valence electrons. The minimum absolute atomic E-state index is 0.0905. The summed E-state index contributed by atoms with van der Waals surface area (Å²) in [5.41, 5.74) is 21.8. The number of hydrogen-bond acceptors (Lipinski definition) is 4. The Bertz CT molecular complexity index is 3960. The van der Waals surface area contributed by atoms with Gasteiger partial charge in [0.05, 0.1) is 0 Å². The van der Waals surface area contributed by atoms with Crippen molar-refractivity contribution in [1.29, 1.82) is 0 Å². The van der Waals surface area contributed by atoms with Crippen LogP contribution >= 0.6 is 0 Å². The number of rotatable bonds is 11. The lowest BCUT2D eigenvalue weighted by atomic mass is 10.0. The third-order valence-electron chi connectivity index (χ3n) is 16.5. The van der Waals surface area contributed by atoms with Crippen molar-refractivity contribution in [3.05, 3.63) is 242 Å². The number of nitrogens with zero attached hydrogens (tertiary/aromatic N) is 1. The highest BCUT2D eigenvalue weighted by molar-refractivity contribution is 6.09. The number of benzene rings is 7. The molecule has 1 aliphatic heterocycles. The van der Waals surface area contributed by atoms with E-state index in [0.717, 1.165) is 74.3 Å². The fraction of sp³-hybridized carbons (Fsp3) is 0.293. The van der Waals surface area contributed by atoms with Gasteiger partial charge in [0.15, 0.2) is 11.6 Å². The van der Waals surface area contributed by atoms with Gasteiger partial charge < -0.3 is 24.3 Å². The normalized spacial score (nSPS) is 12.7. The van der Waals surface area contributed by atoms with E-state index >= 15 is 0 Å². The Hall–Kier alpha value is -8.49. The van der Waals surface area contributed by atoms with Crippen molar-refractivity contribution in [2.75, 3.05) is 11.4 Å². The van der Waals surface area contributed by atoms with E-state index < -0.39 is 0 Å². The monoisotopic (exact) mass is 1100 g/mol. The van der Waals surface area contributed by atoms with Crippen LogP contribution in [0.4, 0.5) is 5.69 Å². The second kappa shape index (κ2) is 24.9. The molecule has 13 rings (SSSR count). The number of ketones is 2. The fourth-order valence-electron chi connectivity index (χ4n) is 11.3. The molecule has 0 unspecified atom stereocenters. The molecule has 0 spiro atoms. The van der Waals surface area contributed by atoms with Crippen LogP contribution < -0.4 is 4.90 Å². The minimum Gasteiger partial charge on any atom is -0.461 e. The molecule has 8 heteroatoms. The van der Waals surface area contributed by atoms with E-state index in [9.17, 15) is 14.4 Å². The second-order valence-corrected chi connectivity index (χ2v) is 24.3. The first-order valence-electron chi connectivity index (χ1n) is 29.9. The SMILES string of the molecule is CC(C)c1cc2c3c(ccc2[nH]1)CCC3.Cc1ccc(C(=O)Cc2ccc3[nH]c(C(C)C)cc3c2)cc1.Cc1ccc(C(=O)Cc2ccc3oc(C(C)C)cc3c2)cc1.Cc1ccc(C(=O)N2CCc3c2ccc2[nH]c(C(C)C)cc32)cc1. The number of nitrogens with one attached hydrogen (secondary N) is 3. The van der Waals surface area contributed by atoms with E-state index in [1.165, 1.54) is 80.2 Å². The Morgan fingerprint density at radius 3 is 1.49 bits per heavy atom. The molecule has 7 aromatic carbocycles. The zero-order valence-corrected chi connectivity index (χ0v) is 50.4. The number of amides is 1. The number of H-pyrrole nitrogens is 3. The van der Waals surface area contributed by atoms with E-state index in [0.29, 0.717) is 36.5 Å². The zero-order valence-electron chi connectivity index (χ0n) is 50.4. The second-order valence-electron chi connectivity index (χ2n) is 24.3. The lowest BCUT2D eigenvalue weighted by molar-refractivity contribution is 0.0982. The predicted molar refractivity (Wildman–Crippen MR) is 344 cm³/mol. The molecule has 0 fully saturated rings. The maximum atomic E-state index is 12.9. The van der Waals surface area contributed by atoms with Crippen LogP contribution in [0.25, 0.3) is 43.7 Å². The number of fused-ring (bicyclic) bond motifs is 8. The fourth-order valence-corrected chi connectivity index (χ4v) is 11.3. The molecule has 11 aromatic rings. The number of aryl methyl sites for hydroxylation is 5. The molecule has 3 N–H and O–H groups in total. The zero-order chi connectivity index (χ0) is 58.6. The van der Waals surface area contributed by atoms with Crippen molar-refractivity contribution < 1.29 is 18.8 Å². The van der Waals surface area contributed by atoms with E-state index in [2.05, 4.69) is 137 Å². The highest BCUT2D eigenvalue weighted by Crippen LogP contribution is 2.37. The van der Waals surface area contributed by atoms with E-state index in [1.807, 2.05) is 117 Å². The molecule has 8 nitrogen and oxygen atoms in total. The molecule has 0 saturated carbocycles. The van der Waals surface area contributed by atoms with Gasteiger partial charge in [0.2, 0.25) is 0 Å². The average Bonchev–Trinajstić information content (AvgIpc) is 3.75. The molecule has 0 bridgehead atoms. The van der Waals surface area contributed by atoms with Crippen LogP contribution in [-0.2, 0) is 32.1 Å². The quantitative estimate of drug-likeness (QED) is 0.112. The lowest BCUT2D eigenvalue weighted by Crippen LogP contribution is -2.28. The van der Waals surface area contributed by atoms with Crippen molar-refractivity contribution in [3.8, 4) is 0 Å². The van der Waals surface area contributed by atoms with Gasteiger partial charge in [-0.2, -0.15) is 0 Å². The van der Waals surface area contributed by atoms with Crippen LogP contribution in [0, 0.1) is 20.8 Å². The summed E-state index contributed by atoms with van der Waals surface area (Å²) in [6.07, 6.45) is 5.65. The van der Waals surface area contributed by atoms with Gasteiger partial charge in [0, 0.05) is 97.5 Å². The van der Waals surface area contributed by atoms with Crippen molar-refractivity contribution in [1.82, 2.24) is 15.0 Å².